The number of hydrogen-bond donors (Lipinski definition) is 0. The van der Waals surface area contributed by atoms with Crippen LogP contribution in [0.5, 0.6) is 11.5 Å². The number of methoxy groups -OCH3 is 2. The van der Waals surface area contributed by atoms with Gasteiger partial charge in [0.1, 0.15) is 11.4 Å². The van der Waals surface area contributed by atoms with E-state index in [1.165, 1.54) is 16.7 Å². The average molecular weight is 421 g/mol. The van der Waals surface area contributed by atoms with Crippen molar-refractivity contribution in [3.8, 4) is 22.8 Å². The molecule has 6 heteroatoms. The molecule has 4 rings (SSSR count). The van der Waals surface area contributed by atoms with Crippen LogP contribution in [0.15, 0.2) is 35.1 Å². The van der Waals surface area contributed by atoms with Crippen LogP contribution in [-0.2, 0) is 20.0 Å². The van der Waals surface area contributed by atoms with E-state index in [-0.39, 0.29) is 5.69 Å². The van der Waals surface area contributed by atoms with Crippen molar-refractivity contribution in [1.82, 2.24) is 4.57 Å². The van der Waals surface area contributed by atoms with Crippen LogP contribution in [-0.4, -0.2) is 25.8 Å². The number of rotatable bonds is 4. The van der Waals surface area contributed by atoms with Gasteiger partial charge in [-0.15, -0.1) is 0 Å². The van der Waals surface area contributed by atoms with Crippen LogP contribution in [0.3, 0.4) is 0 Å². The molecule has 0 unspecified atom stereocenters. The molecule has 0 aliphatic carbocycles. The first-order chi connectivity index (χ1) is 14.8. The minimum absolute atomic E-state index is 0.0257. The lowest BCUT2D eigenvalue weighted by molar-refractivity contribution is -0.678. The van der Waals surface area contributed by atoms with Crippen LogP contribution < -0.4 is 24.6 Å². The van der Waals surface area contributed by atoms with Crippen molar-refractivity contribution < 1.29 is 14.0 Å². The first kappa shape index (κ1) is 21.0. The van der Waals surface area contributed by atoms with Gasteiger partial charge >= 0.3 is 5.69 Å². The second kappa shape index (κ2) is 7.76. The quantitative estimate of drug-likeness (QED) is 0.605. The predicted octanol–water partition coefficient (Wildman–Crippen LogP) is 3.61. The third kappa shape index (κ3) is 3.36. The van der Waals surface area contributed by atoms with E-state index in [1.54, 1.807) is 18.8 Å². The molecular formula is C25H30N3O3+. The fraction of sp³-hybridized carbons (Fsp3) is 0.360. The molecule has 1 aromatic heterocycles. The zero-order valence-corrected chi connectivity index (χ0v) is 19.4. The topological polar surface area (TPSA) is 47.6 Å². The van der Waals surface area contributed by atoms with Gasteiger partial charge in [0.2, 0.25) is 5.82 Å². The molecule has 1 aliphatic rings. The summed E-state index contributed by atoms with van der Waals surface area (Å²) in [6.45, 7) is 6.97. The molecule has 0 fully saturated rings. The van der Waals surface area contributed by atoms with Gasteiger partial charge in [0.25, 0.3) is 0 Å². The normalized spacial score (nSPS) is 12.2. The lowest BCUT2D eigenvalue weighted by Gasteiger charge is -2.24. The number of fused-ring (bicyclic) bond motifs is 3. The van der Waals surface area contributed by atoms with E-state index in [1.807, 2.05) is 30.8 Å². The third-order valence-electron chi connectivity index (χ3n) is 6.22. The van der Waals surface area contributed by atoms with Crippen molar-refractivity contribution >= 4 is 11.5 Å². The van der Waals surface area contributed by atoms with Gasteiger partial charge in [-0.1, -0.05) is 17.7 Å². The van der Waals surface area contributed by atoms with Crippen molar-refractivity contribution in [2.75, 3.05) is 26.2 Å². The Balaban J connectivity index is 1.94. The molecule has 6 nitrogen and oxygen atoms in total. The van der Waals surface area contributed by atoms with E-state index >= 15 is 0 Å². The van der Waals surface area contributed by atoms with E-state index in [2.05, 4.69) is 43.9 Å². The van der Waals surface area contributed by atoms with Crippen molar-refractivity contribution in [3.63, 3.8) is 0 Å². The summed E-state index contributed by atoms with van der Waals surface area (Å²) in [6.07, 6.45) is 0.772. The number of aryl methyl sites for hydroxylation is 4. The number of benzene rings is 2. The van der Waals surface area contributed by atoms with Gasteiger partial charge in [0.05, 0.1) is 40.9 Å². The molecule has 0 bridgehead atoms. The second-order valence-electron chi connectivity index (χ2n) is 8.30. The van der Waals surface area contributed by atoms with Crippen molar-refractivity contribution in [2.24, 2.45) is 7.05 Å². The largest absolute Gasteiger partial charge is 0.493 e. The highest BCUT2D eigenvalue weighted by Crippen LogP contribution is 2.39. The van der Waals surface area contributed by atoms with E-state index in [4.69, 9.17) is 9.47 Å². The summed E-state index contributed by atoms with van der Waals surface area (Å²) in [5, 5.41) is 0. The lowest BCUT2D eigenvalue weighted by atomic mass is 9.96. The Labute approximate surface area is 183 Å². The molecule has 162 valence electrons. The van der Waals surface area contributed by atoms with Crippen molar-refractivity contribution in [1.29, 1.82) is 0 Å². The maximum atomic E-state index is 13.3. The summed E-state index contributed by atoms with van der Waals surface area (Å²) >= 11 is 0. The molecular weight excluding hydrogens is 390 g/mol. The monoisotopic (exact) mass is 420 g/mol. The first-order valence-electron chi connectivity index (χ1n) is 10.5. The molecule has 31 heavy (non-hydrogen) atoms. The van der Waals surface area contributed by atoms with Gasteiger partial charge in [0, 0.05) is 12.0 Å². The molecule has 0 saturated heterocycles. The van der Waals surface area contributed by atoms with Gasteiger partial charge in [-0.2, -0.15) is 4.57 Å². The maximum Gasteiger partial charge on any atom is 0.443 e. The Bertz CT molecular complexity index is 1220. The van der Waals surface area contributed by atoms with E-state index in [0.29, 0.717) is 18.0 Å². The summed E-state index contributed by atoms with van der Waals surface area (Å²) in [5.74, 6) is 2.21. The molecule has 0 radical (unpaired) electrons. The molecule has 0 atom stereocenters. The number of hydrogen-bond acceptors (Lipinski definition) is 4. The molecule has 1 aliphatic heterocycles. The van der Waals surface area contributed by atoms with Gasteiger partial charge in [-0.3, -0.25) is 4.90 Å². The van der Waals surface area contributed by atoms with E-state index < -0.39 is 0 Å². The van der Waals surface area contributed by atoms with Gasteiger partial charge in [0.15, 0.2) is 11.5 Å². The maximum absolute atomic E-state index is 13.3. The van der Waals surface area contributed by atoms with Crippen LogP contribution in [0.4, 0.5) is 11.5 Å². The van der Waals surface area contributed by atoms with Crippen LogP contribution in [0, 0.1) is 20.8 Å². The molecule has 0 N–H and O–H groups in total. The summed E-state index contributed by atoms with van der Waals surface area (Å²) in [5.41, 5.74) is 7.76. The molecule has 0 spiro atoms. The van der Waals surface area contributed by atoms with E-state index in [9.17, 15) is 4.79 Å². The summed E-state index contributed by atoms with van der Waals surface area (Å²) in [4.78, 5) is 15.4. The number of aromatic nitrogens is 2. The highest BCUT2D eigenvalue weighted by molar-refractivity contribution is 5.74. The third-order valence-corrected chi connectivity index (χ3v) is 6.22. The van der Waals surface area contributed by atoms with Crippen LogP contribution >= 0.6 is 0 Å². The highest BCUT2D eigenvalue weighted by atomic mass is 16.5. The molecule has 0 saturated carbocycles. The number of anilines is 2. The first-order valence-corrected chi connectivity index (χ1v) is 10.5. The van der Waals surface area contributed by atoms with Crippen LogP contribution in [0.2, 0.25) is 0 Å². The number of ether oxygens (including phenoxy) is 2. The minimum atomic E-state index is -0.0257. The fourth-order valence-electron chi connectivity index (χ4n) is 4.85. The van der Waals surface area contributed by atoms with E-state index in [0.717, 1.165) is 34.7 Å². The zero-order chi connectivity index (χ0) is 22.4. The standard InChI is InChI=1S/C25H30N3O3/c1-15-10-16(2)24(17(3)11-15)26(4)23-14-20-19-13-22(31-7)21(30-6)12-18(19)8-9-28(20)25(29)27(23)5/h10-14H,8-9H2,1-7H3/q+1. The lowest BCUT2D eigenvalue weighted by Crippen LogP contribution is -2.55. The van der Waals surface area contributed by atoms with Crippen molar-refractivity contribution in [2.45, 2.75) is 33.7 Å². The average Bonchev–Trinajstić information content (AvgIpc) is 2.73. The minimum Gasteiger partial charge on any atom is -0.493 e. The Morgan fingerprint density at radius 1 is 0.968 bits per heavy atom. The molecule has 0 amide bonds. The molecule has 3 aromatic rings. The highest BCUT2D eigenvalue weighted by Gasteiger charge is 2.29. The van der Waals surface area contributed by atoms with Gasteiger partial charge < -0.3 is 9.47 Å². The Hall–Kier alpha value is -3.28. The van der Waals surface area contributed by atoms with Gasteiger partial charge in [-0.25, -0.2) is 9.36 Å². The predicted molar refractivity (Wildman–Crippen MR) is 123 cm³/mol. The SMILES string of the molecule is COc1cc2c(cc1OC)-c1cc(N(C)c3c(C)cc(C)cc3C)[n+](C)c(=O)n1CC2. The van der Waals surface area contributed by atoms with Gasteiger partial charge in [-0.05, 0) is 49.6 Å². The zero-order valence-electron chi connectivity index (χ0n) is 19.4. The summed E-state index contributed by atoms with van der Waals surface area (Å²) in [6, 6.07) is 10.5. The fourth-order valence-corrected chi connectivity index (χ4v) is 4.85. The Morgan fingerprint density at radius 2 is 1.58 bits per heavy atom. The smallest absolute Gasteiger partial charge is 0.443 e. The summed E-state index contributed by atoms with van der Waals surface area (Å²) in [7, 11) is 7.14. The Kier molecular flexibility index (Phi) is 5.25. The number of nitrogens with zero attached hydrogens (tertiary/aromatic N) is 3. The van der Waals surface area contributed by atoms with Crippen LogP contribution in [0.1, 0.15) is 22.3 Å². The molecule has 2 heterocycles. The molecule has 2 aromatic carbocycles. The second-order valence-corrected chi connectivity index (χ2v) is 8.30. The Morgan fingerprint density at radius 3 is 2.19 bits per heavy atom. The van der Waals surface area contributed by atoms with Crippen LogP contribution in [0.25, 0.3) is 11.3 Å². The van der Waals surface area contributed by atoms with Crippen molar-refractivity contribution in [3.05, 3.63) is 63.1 Å². The summed E-state index contributed by atoms with van der Waals surface area (Å²) < 4.78 is 14.6.